The molecule has 0 saturated carbocycles. The van der Waals surface area contributed by atoms with Crippen LogP contribution in [-0.2, 0) is 11.2 Å². The van der Waals surface area contributed by atoms with Gasteiger partial charge in [0.25, 0.3) is 11.6 Å². The van der Waals surface area contributed by atoms with Crippen LogP contribution in [0.25, 0.3) is 0 Å². The number of hydrogen-bond acceptors (Lipinski definition) is 6. The van der Waals surface area contributed by atoms with Crippen molar-refractivity contribution in [2.24, 2.45) is 5.92 Å². The Morgan fingerprint density at radius 1 is 1.21 bits per heavy atom. The number of fused-ring (bicyclic) bond motifs is 1. The highest BCUT2D eigenvalue weighted by molar-refractivity contribution is 5.95. The fourth-order valence-electron chi connectivity index (χ4n) is 3.69. The molecule has 2 aromatic carbocycles. The molecule has 29 heavy (non-hydrogen) atoms. The molecule has 0 bridgehead atoms. The van der Waals surface area contributed by atoms with Gasteiger partial charge in [-0.15, -0.1) is 0 Å². The number of nitro groups is 1. The minimum absolute atomic E-state index is 0.0961. The summed E-state index contributed by atoms with van der Waals surface area (Å²) in [6.07, 6.45) is 0.852. The summed E-state index contributed by atoms with van der Waals surface area (Å²) < 4.78 is 11.0. The van der Waals surface area contributed by atoms with Gasteiger partial charge in [-0.25, -0.2) is 0 Å². The molecule has 1 unspecified atom stereocenters. The van der Waals surface area contributed by atoms with Gasteiger partial charge in [0.1, 0.15) is 11.4 Å². The number of nitrogens with zero attached hydrogens (tertiary/aromatic N) is 2. The molecule has 2 aromatic rings. The van der Waals surface area contributed by atoms with Gasteiger partial charge in [0, 0.05) is 37.2 Å². The maximum absolute atomic E-state index is 12.6. The first-order valence-electron chi connectivity index (χ1n) is 9.72. The average Bonchev–Trinajstić information content (AvgIpc) is 2.77. The van der Waals surface area contributed by atoms with Crippen molar-refractivity contribution in [3.63, 3.8) is 0 Å². The van der Waals surface area contributed by atoms with Crippen molar-refractivity contribution < 1.29 is 19.2 Å². The van der Waals surface area contributed by atoms with E-state index in [4.69, 9.17) is 9.47 Å². The van der Waals surface area contributed by atoms with Gasteiger partial charge >= 0.3 is 0 Å². The Kier molecular flexibility index (Phi) is 5.62. The number of benzene rings is 2. The second-order valence-electron chi connectivity index (χ2n) is 7.26. The largest absolute Gasteiger partial charge is 0.493 e. The van der Waals surface area contributed by atoms with Crippen LogP contribution in [0.15, 0.2) is 42.5 Å². The summed E-state index contributed by atoms with van der Waals surface area (Å²) in [7, 11) is 0. The van der Waals surface area contributed by atoms with Crippen LogP contribution in [-0.4, -0.2) is 55.2 Å². The number of nitrogens with one attached hydrogen (secondary N) is 1. The van der Waals surface area contributed by atoms with Crippen LogP contribution in [0.4, 0.5) is 11.4 Å². The zero-order valence-electron chi connectivity index (χ0n) is 16.0. The number of carbonyl (C=O) groups excluding carboxylic acids is 1. The Morgan fingerprint density at radius 2 is 2.00 bits per heavy atom. The van der Waals surface area contributed by atoms with Gasteiger partial charge < -0.3 is 19.7 Å². The molecular formula is C21H23N3O5. The van der Waals surface area contributed by atoms with E-state index in [0.717, 1.165) is 17.7 Å². The van der Waals surface area contributed by atoms with Crippen LogP contribution >= 0.6 is 0 Å². The number of ether oxygens (including phenoxy) is 2. The number of amides is 1. The van der Waals surface area contributed by atoms with Gasteiger partial charge in [0.15, 0.2) is 0 Å². The number of nitro benzene ring substituents is 1. The molecule has 1 amide bonds. The van der Waals surface area contributed by atoms with Crippen molar-refractivity contribution in [2.45, 2.75) is 6.42 Å². The standard InChI is InChI=1S/C21H23N3O5/c25-21(23-7-9-28-10-8-23)17-5-6-18(19(12-17)24(26)27)22-13-15-11-16-3-1-2-4-20(16)29-14-15/h1-6,12,15,22H,7-11,13-14H2. The molecule has 2 aliphatic heterocycles. The minimum Gasteiger partial charge on any atom is -0.493 e. The van der Waals surface area contributed by atoms with Crippen LogP contribution in [0.1, 0.15) is 15.9 Å². The predicted octanol–water partition coefficient (Wildman–Crippen LogP) is 2.73. The van der Waals surface area contributed by atoms with Crippen LogP contribution in [0.5, 0.6) is 5.75 Å². The second kappa shape index (κ2) is 8.48. The van der Waals surface area contributed by atoms with Crippen molar-refractivity contribution >= 4 is 17.3 Å². The van der Waals surface area contributed by atoms with E-state index in [9.17, 15) is 14.9 Å². The summed E-state index contributed by atoms with van der Waals surface area (Å²) >= 11 is 0. The molecule has 1 atom stereocenters. The second-order valence-corrected chi connectivity index (χ2v) is 7.26. The quantitative estimate of drug-likeness (QED) is 0.616. The lowest BCUT2D eigenvalue weighted by Crippen LogP contribution is -2.40. The third kappa shape index (κ3) is 4.32. The van der Waals surface area contributed by atoms with E-state index < -0.39 is 4.92 Å². The van der Waals surface area contributed by atoms with E-state index in [0.29, 0.717) is 50.7 Å². The highest BCUT2D eigenvalue weighted by atomic mass is 16.6. The van der Waals surface area contributed by atoms with Crippen molar-refractivity contribution in [2.75, 3.05) is 44.8 Å². The first kappa shape index (κ1) is 19.2. The molecule has 1 N–H and O–H groups in total. The molecule has 0 aromatic heterocycles. The minimum atomic E-state index is -0.453. The van der Waals surface area contributed by atoms with E-state index in [-0.39, 0.29) is 17.5 Å². The van der Waals surface area contributed by atoms with Gasteiger partial charge in [0.05, 0.1) is 24.7 Å². The summed E-state index contributed by atoms with van der Waals surface area (Å²) in [5.41, 5.74) is 1.78. The molecule has 8 heteroatoms. The summed E-state index contributed by atoms with van der Waals surface area (Å²) in [6, 6.07) is 12.5. The maximum atomic E-state index is 12.6. The SMILES string of the molecule is O=C(c1ccc(NCC2COc3ccccc3C2)c([N+](=O)[O-])c1)N1CCOCC1. The fourth-order valence-corrected chi connectivity index (χ4v) is 3.69. The van der Waals surface area contributed by atoms with Crippen molar-refractivity contribution in [3.8, 4) is 5.75 Å². The molecular weight excluding hydrogens is 374 g/mol. The monoisotopic (exact) mass is 397 g/mol. The van der Waals surface area contributed by atoms with Crippen LogP contribution in [0.2, 0.25) is 0 Å². The first-order chi connectivity index (χ1) is 14.1. The molecule has 0 aliphatic carbocycles. The topological polar surface area (TPSA) is 93.9 Å². The Morgan fingerprint density at radius 3 is 2.79 bits per heavy atom. The summed E-state index contributed by atoms with van der Waals surface area (Å²) in [6.45, 7) is 3.07. The Balaban J connectivity index is 1.45. The molecule has 2 heterocycles. The van der Waals surface area contributed by atoms with Crippen LogP contribution in [0, 0.1) is 16.0 Å². The number of morpholine rings is 1. The lowest BCUT2D eigenvalue weighted by molar-refractivity contribution is -0.384. The molecule has 2 aliphatic rings. The number of rotatable bonds is 5. The van der Waals surface area contributed by atoms with Crippen molar-refractivity contribution in [1.82, 2.24) is 4.90 Å². The average molecular weight is 397 g/mol. The number of carbonyl (C=O) groups is 1. The molecule has 1 fully saturated rings. The number of para-hydroxylation sites is 1. The van der Waals surface area contributed by atoms with Crippen LogP contribution < -0.4 is 10.1 Å². The smallest absolute Gasteiger partial charge is 0.293 e. The van der Waals surface area contributed by atoms with E-state index in [2.05, 4.69) is 5.32 Å². The maximum Gasteiger partial charge on any atom is 0.293 e. The lowest BCUT2D eigenvalue weighted by atomic mass is 9.96. The van der Waals surface area contributed by atoms with Gasteiger partial charge in [-0.2, -0.15) is 0 Å². The van der Waals surface area contributed by atoms with E-state index >= 15 is 0 Å². The van der Waals surface area contributed by atoms with Gasteiger partial charge in [-0.3, -0.25) is 14.9 Å². The van der Waals surface area contributed by atoms with E-state index in [1.54, 1.807) is 17.0 Å². The van der Waals surface area contributed by atoms with E-state index in [1.807, 2.05) is 24.3 Å². The number of hydrogen-bond donors (Lipinski definition) is 1. The van der Waals surface area contributed by atoms with Crippen molar-refractivity contribution in [3.05, 3.63) is 63.7 Å². The van der Waals surface area contributed by atoms with Gasteiger partial charge in [-0.05, 0) is 30.2 Å². The summed E-state index contributed by atoms with van der Waals surface area (Å²) in [5.74, 6) is 0.903. The third-order valence-electron chi connectivity index (χ3n) is 5.28. The first-order valence-corrected chi connectivity index (χ1v) is 9.72. The predicted molar refractivity (Wildman–Crippen MR) is 107 cm³/mol. The zero-order chi connectivity index (χ0) is 20.2. The normalized spacial score (nSPS) is 18.5. The molecule has 0 spiro atoms. The van der Waals surface area contributed by atoms with Crippen LogP contribution in [0.3, 0.4) is 0 Å². The van der Waals surface area contributed by atoms with Gasteiger partial charge in [0.2, 0.25) is 0 Å². The molecule has 0 radical (unpaired) electrons. The molecule has 152 valence electrons. The highest BCUT2D eigenvalue weighted by Gasteiger charge is 2.24. The number of anilines is 1. The summed E-state index contributed by atoms with van der Waals surface area (Å²) in [4.78, 5) is 25.4. The van der Waals surface area contributed by atoms with E-state index in [1.165, 1.54) is 6.07 Å². The van der Waals surface area contributed by atoms with Gasteiger partial charge in [-0.1, -0.05) is 18.2 Å². The lowest BCUT2D eigenvalue weighted by Gasteiger charge is -2.27. The zero-order valence-corrected chi connectivity index (χ0v) is 16.0. The molecule has 1 saturated heterocycles. The van der Waals surface area contributed by atoms with Crippen molar-refractivity contribution in [1.29, 1.82) is 0 Å². The Labute approximate surface area is 168 Å². The Bertz CT molecular complexity index is 911. The summed E-state index contributed by atoms with van der Waals surface area (Å²) in [5, 5.41) is 14.8. The third-order valence-corrected chi connectivity index (χ3v) is 5.28. The molecule has 4 rings (SSSR count). The fraction of sp³-hybridized carbons (Fsp3) is 0.381. The Hall–Kier alpha value is -3.13. The highest BCUT2D eigenvalue weighted by Crippen LogP contribution is 2.29. The molecule has 8 nitrogen and oxygen atoms in total.